The molecule has 6 aliphatic rings. The molecule has 6 fully saturated rings. The van der Waals surface area contributed by atoms with Gasteiger partial charge in [0.25, 0.3) is 0 Å². The molecule has 0 atom stereocenters. The van der Waals surface area contributed by atoms with Gasteiger partial charge in [-0.15, -0.1) is 0 Å². The molecule has 0 aliphatic carbocycles. The van der Waals surface area contributed by atoms with Gasteiger partial charge in [0, 0.05) is 0 Å². The second kappa shape index (κ2) is 7.04. The van der Waals surface area contributed by atoms with Crippen LogP contribution >= 0.6 is 0 Å². The van der Waals surface area contributed by atoms with Crippen molar-refractivity contribution in [2.24, 2.45) is 11.8 Å². The Morgan fingerprint density at radius 1 is 0.435 bits per heavy atom. The maximum Gasteiger partial charge on any atom is 0.0789 e. The van der Waals surface area contributed by atoms with Crippen LogP contribution in [0.4, 0.5) is 0 Å². The lowest BCUT2D eigenvalue weighted by molar-refractivity contribution is -0.943. The fourth-order valence-corrected chi connectivity index (χ4v) is 6.37. The quantitative estimate of drug-likeness (QED) is 0.464. The molecule has 0 aromatic rings. The Hall–Kier alpha value is -0.0800. The summed E-state index contributed by atoms with van der Waals surface area (Å²) in [6, 6.07) is 0. The second-order valence-corrected chi connectivity index (χ2v) is 9.70. The molecule has 6 saturated heterocycles. The lowest BCUT2D eigenvalue weighted by Crippen LogP contribution is -2.58. The zero-order valence-electron chi connectivity index (χ0n) is 15.5. The molecule has 6 heterocycles. The Kier molecular flexibility index (Phi) is 5.02. The van der Waals surface area contributed by atoms with Gasteiger partial charge in [-0.05, 0) is 76.0 Å². The van der Waals surface area contributed by atoms with E-state index in [1.807, 2.05) is 0 Å². The van der Waals surface area contributed by atoms with Crippen molar-refractivity contribution in [3.63, 3.8) is 0 Å². The van der Waals surface area contributed by atoms with Crippen molar-refractivity contribution in [1.29, 1.82) is 0 Å². The molecule has 0 unspecified atom stereocenters. The SMILES string of the molecule is C(CCC[N+]12CCC(CC1)CC2)CCC[N+]12CCC(CC1)CC2. The molecular weight excluding hydrogens is 280 g/mol. The molecule has 0 radical (unpaired) electrons. The van der Waals surface area contributed by atoms with Crippen molar-refractivity contribution in [2.75, 3.05) is 52.4 Å². The van der Waals surface area contributed by atoms with Gasteiger partial charge in [-0.2, -0.15) is 0 Å². The van der Waals surface area contributed by atoms with Crippen molar-refractivity contribution < 1.29 is 8.97 Å². The highest BCUT2D eigenvalue weighted by molar-refractivity contribution is 4.72. The Bertz CT molecular complexity index is 312. The average Bonchev–Trinajstić information content (AvgIpc) is 2.64. The highest BCUT2D eigenvalue weighted by Gasteiger charge is 2.39. The zero-order chi connectivity index (χ0) is 15.6. The summed E-state index contributed by atoms with van der Waals surface area (Å²) in [6.07, 6.45) is 16.8. The highest BCUT2D eigenvalue weighted by atomic mass is 15.4. The number of piperidine rings is 6. The first-order valence-corrected chi connectivity index (χ1v) is 11.0. The number of fused-ring (bicyclic) bond motifs is 6. The molecule has 6 rings (SSSR count). The summed E-state index contributed by atoms with van der Waals surface area (Å²) in [5.41, 5.74) is 0. The molecule has 2 nitrogen and oxygen atoms in total. The van der Waals surface area contributed by atoms with Crippen LogP contribution in [0.5, 0.6) is 0 Å². The zero-order valence-corrected chi connectivity index (χ0v) is 15.5. The molecule has 0 saturated carbocycles. The Labute approximate surface area is 144 Å². The molecular formula is C21H40N2+2. The fourth-order valence-electron chi connectivity index (χ4n) is 6.37. The minimum atomic E-state index is 1.11. The van der Waals surface area contributed by atoms with E-state index in [0.29, 0.717) is 0 Å². The van der Waals surface area contributed by atoms with Gasteiger partial charge >= 0.3 is 0 Å². The van der Waals surface area contributed by atoms with Gasteiger partial charge in [-0.1, -0.05) is 6.42 Å². The number of rotatable bonds is 8. The topological polar surface area (TPSA) is 0 Å². The summed E-state index contributed by atoms with van der Waals surface area (Å²) in [5.74, 6) is 2.23. The third-order valence-electron chi connectivity index (χ3n) is 8.34. The molecule has 2 heteroatoms. The van der Waals surface area contributed by atoms with Crippen LogP contribution in [-0.4, -0.2) is 61.3 Å². The van der Waals surface area contributed by atoms with Crippen LogP contribution in [0, 0.1) is 11.8 Å². The van der Waals surface area contributed by atoms with Crippen LogP contribution in [0.3, 0.4) is 0 Å². The first kappa shape index (κ1) is 16.4. The molecule has 6 aliphatic heterocycles. The summed E-state index contributed by atoms with van der Waals surface area (Å²) in [6.45, 7) is 12.1. The van der Waals surface area contributed by atoms with E-state index in [4.69, 9.17) is 0 Å². The Morgan fingerprint density at radius 2 is 0.739 bits per heavy atom. The lowest BCUT2D eigenvalue weighted by atomic mass is 9.85. The second-order valence-electron chi connectivity index (χ2n) is 9.70. The van der Waals surface area contributed by atoms with Gasteiger partial charge < -0.3 is 8.97 Å². The summed E-state index contributed by atoms with van der Waals surface area (Å²) in [7, 11) is 0. The maximum atomic E-state index is 1.54. The van der Waals surface area contributed by atoms with Crippen LogP contribution in [0.1, 0.15) is 70.6 Å². The maximum absolute atomic E-state index is 1.54. The molecule has 4 bridgehead atoms. The van der Waals surface area contributed by atoms with Crippen LogP contribution in [0.25, 0.3) is 0 Å². The minimum Gasteiger partial charge on any atom is -0.324 e. The van der Waals surface area contributed by atoms with Crippen molar-refractivity contribution in [3.05, 3.63) is 0 Å². The first-order valence-electron chi connectivity index (χ1n) is 11.0. The molecule has 23 heavy (non-hydrogen) atoms. The van der Waals surface area contributed by atoms with Crippen LogP contribution < -0.4 is 0 Å². The van der Waals surface area contributed by atoms with Crippen LogP contribution in [-0.2, 0) is 0 Å². The number of nitrogens with zero attached hydrogens (tertiary/aromatic N) is 2. The Balaban J connectivity index is 1.07. The van der Waals surface area contributed by atoms with Crippen LogP contribution in [0.2, 0.25) is 0 Å². The van der Waals surface area contributed by atoms with Gasteiger partial charge in [0.1, 0.15) is 0 Å². The van der Waals surface area contributed by atoms with E-state index in [-0.39, 0.29) is 0 Å². The van der Waals surface area contributed by atoms with E-state index >= 15 is 0 Å². The van der Waals surface area contributed by atoms with E-state index in [0.717, 1.165) is 11.8 Å². The standard InChI is InChI=1S/C21H40N2/c1(2-4-12-22-14-6-20(7-15-22)8-16-22)3-5-13-23-17-9-21(10-18-23)11-19-23/h20-21H,1-19H2/q+2. The normalized spacial score (nSPS) is 42.3. The highest BCUT2D eigenvalue weighted by Crippen LogP contribution is 2.35. The van der Waals surface area contributed by atoms with Gasteiger partial charge in [0.05, 0.1) is 52.4 Å². The molecule has 132 valence electrons. The number of hydrogen-bond acceptors (Lipinski definition) is 0. The van der Waals surface area contributed by atoms with Gasteiger partial charge in [-0.3, -0.25) is 0 Å². The molecule has 0 amide bonds. The predicted molar refractivity (Wildman–Crippen MR) is 97.2 cm³/mol. The van der Waals surface area contributed by atoms with Crippen molar-refractivity contribution in [2.45, 2.75) is 70.6 Å². The number of quaternary nitrogens is 2. The van der Waals surface area contributed by atoms with Crippen molar-refractivity contribution >= 4 is 0 Å². The molecule has 0 aromatic heterocycles. The summed E-state index contributed by atoms with van der Waals surface area (Å²) >= 11 is 0. The van der Waals surface area contributed by atoms with E-state index in [2.05, 4.69) is 0 Å². The summed E-state index contributed by atoms with van der Waals surface area (Å²) < 4.78 is 3.02. The third kappa shape index (κ3) is 3.79. The lowest BCUT2D eigenvalue weighted by Gasteiger charge is -2.49. The number of unbranched alkanes of at least 4 members (excludes halogenated alkanes) is 4. The van der Waals surface area contributed by atoms with Crippen LogP contribution in [0.15, 0.2) is 0 Å². The third-order valence-corrected chi connectivity index (χ3v) is 8.34. The van der Waals surface area contributed by atoms with E-state index < -0.39 is 0 Å². The molecule has 0 aromatic carbocycles. The molecule has 0 N–H and O–H groups in total. The van der Waals surface area contributed by atoms with E-state index in [9.17, 15) is 0 Å². The smallest absolute Gasteiger partial charge is 0.0789 e. The van der Waals surface area contributed by atoms with Gasteiger partial charge in [0.2, 0.25) is 0 Å². The fraction of sp³-hybridized carbons (Fsp3) is 1.00. The van der Waals surface area contributed by atoms with Gasteiger partial charge in [-0.25, -0.2) is 0 Å². The Morgan fingerprint density at radius 3 is 1.09 bits per heavy atom. The van der Waals surface area contributed by atoms with Crippen molar-refractivity contribution in [3.8, 4) is 0 Å². The van der Waals surface area contributed by atoms with E-state index in [1.165, 1.54) is 93.4 Å². The number of hydrogen-bond donors (Lipinski definition) is 0. The summed E-state index contributed by atoms with van der Waals surface area (Å²) in [4.78, 5) is 0. The first-order chi connectivity index (χ1) is 11.3. The average molecular weight is 321 g/mol. The molecule has 0 spiro atoms. The van der Waals surface area contributed by atoms with Gasteiger partial charge in [0.15, 0.2) is 0 Å². The summed E-state index contributed by atoms with van der Waals surface area (Å²) in [5, 5.41) is 0. The minimum absolute atomic E-state index is 1.11. The predicted octanol–water partition coefficient (Wildman–Crippen LogP) is 4.20. The monoisotopic (exact) mass is 320 g/mol. The van der Waals surface area contributed by atoms with E-state index in [1.54, 1.807) is 38.5 Å². The largest absolute Gasteiger partial charge is 0.324 e. The van der Waals surface area contributed by atoms with Crippen molar-refractivity contribution in [1.82, 2.24) is 0 Å².